The summed E-state index contributed by atoms with van der Waals surface area (Å²) >= 11 is 0. The van der Waals surface area contributed by atoms with Gasteiger partial charge in [0.05, 0.1) is 12.1 Å². The highest BCUT2D eigenvalue weighted by atomic mass is 16.4. The van der Waals surface area contributed by atoms with Crippen LogP contribution in [-0.2, 0) is 24.8 Å². The molecule has 0 atom stereocenters. The first-order valence-corrected chi connectivity index (χ1v) is 6.72. The van der Waals surface area contributed by atoms with Crippen molar-refractivity contribution < 1.29 is 9.90 Å². The van der Waals surface area contributed by atoms with Crippen LogP contribution in [-0.4, -0.2) is 37.8 Å². The molecule has 0 bridgehead atoms. The lowest BCUT2D eigenvalue weighted by molar-refractivity contribution is -0.137. The molecule has 0 radical (unpaired) electrons. The molecular formula is C14H25N3O2. The fourth-order valence-electron chi connectivity index (χ4n) is 2.10. The molecule has 0 aliphatic rings. The smallest absolute Gasteiger partial charge is 0.304 e. The molecule has 0 fully saturated rings. The zero-order chi connectivity index (χ0) is 14.6. The molecule has 1 N–H and O–H groups in total. The first kappa shape index (κ1) is 15.7. The lowest BCUT2D eigenvalue weighted by atomic mass is 10.0. The first-order chi connectivity index (χ1) is 8.74. The number of hydrogen-bond acceptors (Lipinski definition) is 3. The molecule has 0 amide bonds. The van der Waals surface area contributed by atoms with Crippen LogP contribution in [0.25, 0.3) is 0 Å². The van der Waals surface area contributed by atoms with E-state index in [0.29, 0.717) is 6.54 Å². The van der Waals surface area contributed by atoms with E-state index in [-0.39, 0.29) is 12.0 Å². The van der Waals surface area contributed by atoms with Crippen molar-refractivity contribution in [1.82, 2.24) is 14.7 Å². The van der Waals surface area contributed by atoms with Gasteiger partial charge in [0.25, 0.3) is 0 Å². The molecule has 0 aliphatic heterocycles. The summed E-state index contributed by atoms with van der Waals surface area (Å²) in [5.74, 6) is -0.754. The van der Waals surface area contributed by atoms with Crippen LogP contribution in [0.5, 0.6) is 0 Å². The molecule has 1 aromatic rings. The highest BCUT2D eigenvalue weighted by molar-refractivity contribution is 5.66. The maximum absolute atomic E-state index is 10.8. The highest BCUT2D eigenvalue weighted by Gasteiger charge is 2.23. The number of hydrogen-bond donors (Lipinski definition) is 1. The number of carbonyl (C=O) groups is 1. The zero-order valence-corrected chi connectivity index (χ0v) is 12.6. The summed E-state index contributed by atoms with van der Waals surface area (Å²) < 4.78 is 1.83. The van der Waals surface area contributed by atoms with Gasteiger partial charge in [-0.1, -0.05) is 6.92 Å². The van der Waals surface area contributed by atoms with Gasteiger partial charge >= 0.3 is 5.97 Å². The molecule has 0 aliphatic carbocycles. The average Bonchev–Trinajstić information content (AvgIpc) is 2.62. The Morgan fingerprint density at radius 3 is 2.58 bits per heavy atom. The highest BCUT2D eigenvalue weighted by Crippen LogP contribution is 2.19. The molecule has 0 aromatic carbocycles. The molecule has 108 valence electrons. The summed E-state index contributed by atoms with van der Waals surface area (Å²) in [6.45, 7) is 9.71. The van der Waals surface area contributed by atoms with Gasteiger partial charge in [-0.25, -0.2) is 0 Å². The van der Waals surface area contributed by atoms with Gasteiger partial charge in [-0.05, 0) is 27.2 Å². The Morgan fingerprint density at radius 2 is 2.11 bits per heavy atom. The Labute approximate surface area is 115 Å². The minimum atomic E-state index is -0.754. The molecule has 1 rings (SSSR count). The van der Waals surface area contributed by atoms with Crippen molar-refractivity contribution in [3.63, 3.8) is 0 Å². The van der Waals surface area contributed by atoms with Crippen LogP contribution in [0.2, 0.25) is 0 Å². The Hall–Kier alpha value is -1.36. The van der Waals surface area contributed by atoms with Gasteiger partial charge in [0, 0.05) is 37.4 Å². The van der Waals surface area contributed by atoms with E-state index in [9.17, 15) is 4.79 Å². The summed E-state index contributed by atoms with van der Waals surface area (Å²) in [6.07, 6.45) is 3.09. The SMILES string of the molecule is CCc1nn(C)cc1CN(CCC(=O)O)C(C)(C)C. The van der Waals surface area contributed by atoms with Crippen molar-refractivity contribution in [3.05, 3.63) is 17.5 Å². The van der Waals surface area contributed by atoms with Gasteiger partial charge in [-0.2, -0.15) is 5.10 Å². The van der Waals surface area contributed by atoms with Crippen molar-refractivity contribution in [2.24, 2.45) is 7.05 Å². The van der Waals surface area contributed by atoms with Gasteiger partial charge in [-0.3, -0.25) is 14.4 Å². The predicted molar refractivity (Wildman–Crippen MR) is 75.0 cm³/mol. The van der Waals surface area contributed by atoms with E-state index < -0.39 is 5.97 Å². The Kier molecular flexibility index (Phi) is 5.11. The summed E-state index contributed by atoms with van der Waals surface area (Å²) in [5.41, 5.74) is 2.22. The topological polar surface area (TPSA) is 58.4 Å². The molecular weight excluding hydrogens is 242 g/mol. The normalized spacial score (nSPS) is 12.1. The molecule has 0 unspecified atom stereocenters. The monoisotopic (exact) mass is 267 g/mol. The number of aryl methyl sites for hydroxylation is 2. The van der Waals surface area contributed by atoms with E-state index in [0.717, 1.165) is 18.7 Å². The van der Waals surface area contributed by atoms with Gasteiger partial charge in [0.2, 0.25) is 0 Å². The third-order valence-electron chi connectivity index (χ3n) is 3.23. The summed E-state index contributed by atoms with van der Waals surface area (Å²) in [5, 5.41) is 13.3. The molecule has 1 aromatic heterocycles. The van der Waals surface area contributed by atoms with Crippen LogP contribution in [0.4, 0.5) is 0 Å². The zero-order valence-electron chi connectivity index (χ0n) is 12.6. The first-order valence-electron chi connectivity index (χ1n) is 6.72. The lowest BCUT2D eigenvalue weighted by Gasteiger charge is -2.35. The maximum Gasteiger partial charge on any atom is 0.304 e. The quantitative estimate of drug-likeness (QED) is 0.857. The Morgan fingerprint density at radius 1 is 1.47 bits per heavy atom. The van der Waals surface area contributed by atoms with E-state index >= 15 is 0 Å². The second-order valence-electron chi connectivity index (χ2n) is 5.86. The second kappa shape index (κ2) is 6.19. The van der Waals surface area contributed by atoms with E-state index in [1.165, 1.54) is 5.56 Å². The molecule has 0 saturated heterocycles. The number of carboxylic acids is 1. The Bertz CT molecular complexity index is 432. The second-order valence-corrected chi connectivity index (χ2v) is 5.86. The van der Waals surface area contributed by atoms with Crippen molar-refractivity contribution in [1.29, 1.82) is 0 Å². The van der Waals surface area contributed by atoms with E-state index in [1.54, 1.807) is 0 Å². The molecule has 5 nitrogen and oxygen atoms in total. The van der Waals surface area contributed by atoms with Crippen LogP contribution in [0.15, 0.2) is 6.20 Å². The van der Waals surface area contributed by atoms with Crippen LogP contribution in [0, 0.1) is 0 Å². The van der Waals surface area contributed by atoms with E-state index in [2.05, 4.69) is 37.7 Å². The van der Waals surface area contributed by atoms with Crippen molar-refractivity contribution in [2.45, 2.75) is 52.6 Å². The molecule has 5 heteroatoms. The van der Waals surface area contributed by atoms with Crippen molar-refractivity contribution in [3.8, 4) is 0 Å². The number of rotatable bonds is 6. The van der Waals surface area contributed by atoms with Crippen LogP contribution < -0.4 is 0 Å². The number of aliphatic carboxylic acids is 1. The standard InChI is InChI=1S/C14H25N3O2/c1-6-12-11(9-16(5)15-12)10-17(14(2,3)4)8-7-13(18)19/h9H,6-8,10H2,1-5H3,(H,18,19). The van der Waals surface area contributed by atoms with Crippen molar-refractivity contribution in [2.75, 3.05) is 6.54 Å². The van der Waals surface area contributed by atoms with Gasteiger partial charge < -0.3 is 5.11 Å². The molecule has 19 heavy (non-hydrogen) atoms. The Balaban J connectivity index is 2.84. The minimum Gasteiger partial charge on any atom is -0.481 e. The van der Waals surface area contributed by atoms with Crippen LogP contribution >= 0.6 is 0 Å². The fraction of sp³-hybridized carbons (Fsp3) is 0.714. The van der Waals surface area contributed by atoms with E-state index in [4.69, 9.17) is 5.11 Å². The van der Waals surface area contributed by atoms with Crippen molar-refractivity contribution >= 4 is 5.97 Å². The summed E-state index contributed by atoms with van der Waals surface area (Å²) in [6, 6.07) is 0. The lowest BCUT2D eigenvalue weighted by Crippen LogP contribution is -2.42. The number of carboxylic acid groups (broad SMARTS) is 1. The van der Waals surface area contributed by atoms with Gasteiger partial charge in [0.15, 0.2) is 0 Å². The molecule has 1 heterocycles. The average molecular weight is 267 g/mol. The third kappa shape index (κ3) is 4.67. The van der Waals surface area contributed by atoms with Gasteiger partial charge in [0.1, 0.15) is 0 Å². The molecule has 0 spiro atoms. The summed E-state index contributed by atoms with van der Waals surface area (Å²) in [7, 11) is 1.92. The predicted octanol–water partition coefficient (Wildman–Crippen LogP) is 2.06. The minimum absolute atomic E-state index is 0.0592. The van der Waals surface area contributed by atoms with Gasteiger partial charge in [-0.15, -0.1) is 0 Å². The van der Waals surface area contributed by atoms with Crippen LogP contribution in [0.1, 0.15) is 45.4 Å². The largest absolute Gasteiger partial charge is 0.481 e. The molecule has 0 saturated carbocycles. The fourth-order valence-corrected chi connectivity index (χ4v) is 2.10. The number of aromatic nitrogens is 2. The number of nitrogens with zero attached hydrogens (tertiary/aromatic N) is 3. The van der Waals surface area contributed by atoms with Crippen LogP contribution in [0.3, 0.4) is 0 Å². The third-order valence-corrected chi connectivity index (χ3v) is 3.23. The summed E-state index contributed by atoms with van der Waals surface area (Å²) in [4.78, 5) is 13.0. The maximum atomic E-state index is 10.8. The van der Waals surface area contributed by atoms with E-state index in [1.807, 2.05) is 17.9 Å².